The third-order valence-electron chi connectivity index (χ3n) is 5.67. The first kappa shape index (κ1) is 20.0. The van der Waals surface area contributed by atoms with E-state index in [0.29, 0.717) is 32.5 Å². The topological polar surface area (TPSA) is 77.3 Å². The highest BCUT2D eigenvalue weighted by atomic mass is 16.5. The van der Waals surface area contributed by atoms with E-state index in [1.165, 1.54) is 11.9 Å². The molecule has 0 saturated carbocycles. The second kappa shape index (κ2) is 8.99. The van der Waals surface area contributed by atoms with Gasteiger partial charge in [0.15, 0.2) is 0 Å². The number of hydrogen-bond acceptors (Lipinski definition) is 5. The fourth-order valence-electron chi connectivity index (χ4n) is 3.82. The smallest absolute Gasteiger partial charge is 0.312 e. The summed E-state index contributed by atoms with van der Waals surface area (Å²) in [6.45, 7) is 5.12. The van der Waals surface area contributed by atoms with Crippen LogP contribution in [0.1, 0.15) is 44.7 Å². The molecule has 150 valence electrons. The highest BCUT2D eigenvalue weighted by molar-refractivity contribution is 5.81. The lowest BCUT2D eigenvalue weighted by molar-refractivity contribution is -0.161. The first-order valence-corrected chi connectivity index (χ1v) is 9.90. The van der Waals surface area contributed by atoms with Crippen LogP contribution < -0.4 is 0 Å². The van der Waals surface area contributed by atoms with Crippen molar-refractivity contribution in [1.82, 2.24) is 19.7 Å². The molecular weight excluding hydrogens is 356 g/mol. The molecule has 0 unspecified atom stereocenters. The van der Waals surface area contributed by atoms with E-state index in [9.17, 15) is 9.59 Å². The number of esters is 1. The Labute approximate surface area is 165 Å². The summed E-state index contributed by atoms with van der Waals surface area (Å²) >= 11 is 0. The standard InChI is InChI=1S/C21H28N4O3/c1-3-28-20(27)21(10-9-18-7-5-4-6-8-18)11-13-24(14-12-21)19(26)17(2)25-16-22-15-23-25/h4-8,15-17H,3,9-14H2,1-2H3/t17-/m0/s1. The van der Waals surface area contributed by atoms with Crippen LogP contribution in [0.15, 0.2) is 43.0 Å². The van der Waals surface area contributed by atoms with Crippen molar-refractivity contribution in [3.63, 3.8) is 0 Å². The van der Waals surface area contributed by atoms with Crippen LogP contribution in [0, 0.1) is 5.41 Å². The van der Waals surface area contributed by atoms with E-state index < -0.39 is 11.5 Å². The van der Waals surface area contributed by atoms with Crippen LogP contribution in [-0.4, -0.2) is 51.2 Å². The summed E-state index contributed by atoms with van der Waals surface area (Å²) in [7, 11) is 0. The van der Waals surface area contributed by atoms with Crippen molar-refractivity contribution in [2.75, 3.05) is 19.7 Å². The normalized spacial score (nSPS) is 17.1. The Morgan fingerprint density at radius 3 is 2.54 bits per heavy atom. The average molecular weight is 384 g/mol. The zero-order valence-electron chi connectivity index (χ0n) is 16.6. The second-order valence-electron chi connectivity index (χ2n) is 7.36. The zero-order chi connectivity index (χ0) is 20.0. The van der Waals surface area contributed by atoms with Crippen molar-refractivity contribution >= 4 is 11.9 Å². The molecule has 0 radical (unpaired) electrons. The van der Waals surface area contributed by atoms with Crippen LogP contribution in [-0.2, 0) is 20.7 Å². The van der Waals surface area contributed by atoms with Crippen molar-refractivity contribution < 1.29 is 14.3 Å². The molecule has 0 N–H and O–H groups in total. The van der Waals surface area contributed by atoms with Gasteiger partial charge in [-0.05, 0) is 45.1 Å². The van der Waals surface area contributed by atoms with Crippen molar-refractivity contribution in [1.29, 1.82) is 0 Å². The van der Waals surface area contributed by atoms with E-state index in [1.54, 1.807) is 11.0 Å². The van der Waals surface area contributed by atoms with E-state index in [4.69, 9.17) is 4.74 Å². The Kier molecular flexibility index (Phi) is 6.44. The lowest BCUT2D eigenvalue weighted by atomic mass is 9.74. The summed E-state index contributed by atoms with van der Waals surface area (Å²) in [6.07, 6.45) is 5.77. The minimum absolute atomic E-state index is 0.00557. The van der Waals surface area contributed by atoms with E-state index in [-0.39, 0.29) is 11.9 Å². The monoisotopic (exact) mass is 384 g/mol. The van der Waals surface area contributed by atoms with Gasteiger partial charge in [-0.3, -0.25) is 9.59 Å². The Hall–Kier alpha value is -2.70. The third kappa shape index (κ3) is 4.40. The molecule has 0 spiro atoms. The minimum atomic E-state index is -0.529. The maximum atomic E-state index is 12.8. The molecule has 1 aromatic heterocycles. The van der Waals surface area contributed by atoms with Gasteiger partial charge >= 0.3 is 5.97 Å². The summed E-state index contributed by atoms with van der Waals surface area (Å²) in [5.74, 6) is -0.131. The Morgan fingerprint density at radius 1 is 1.21 bits per heavy atom. The summed E-state index contributed by atoms with van der Waals surface area (Å²) in [5.41, 5.74) is 0.684. The average Bonchev–Trinajstić information content (AvgIpc) is 3.27. The molecule has 2 aromatic rings. The number of aromatic nitrogens is 3. The molecular formula is C21H28N4O3. The summed E-state index contributed by atoms with van der Waals surface area (Å²) < 4.78 is 6.97. The molecule has 2 heterocycles. The predicted octanol–water partition coefficient (Wildman–Crippen LogP) is 2.64. The molecule has 0 bridgehead atoms. The van der Waals surface area contributed by atoms with Gasteiger partial charge in [0.05, 0.1) is 12.0 Å². The number of piperidine rings is 1. The molecule has 7 heteroatoms. The summed E-state index contributed by atoms with van der Waals surface area (Å²) in [5, 5.41) is 4.06. The van der Waals surface area contributed by atoms with Gasteiger partial charge in [0.1, 0.15) is 18.7 Å². The largest absolute Gasteiger partial charge is 0.466 e. The highest BCUT2D eigenvalue weighted by Gasteiger charge is 2.43. The van der Waals surface area contributed by atoms with Crippen LogP contribution >= 0.6 is 0 Å². The Bertz CT molecular complexity index is 768. The second-order valence-corrected chi connectivity index (χ2v) is 7.36. The molecule has 1 saturated heterocycles. The molecule has 1 aliphatic heterocycles. The van der Waals surface area contributed by atoms with Gasteiger partial charge in [0.25, 0.3) is 0 Å². The van der Waals surface area contributed by atoms with Gasteiger partial charge < -0.3 is 9.64 Å². The van der Waals surface area contributed by atoms with E-state index >= 15 is 0 Å². The van der Waals surface area contributed by atoms with Gasteiger partial charge in [-0.1, -0.05) is 30.3 Å². The van der Waals surface area contributed by atoms with Gasteiger partial charge in [-0.2, -0.15) is 5.10 Å². The summed E-state index contributed by atoms with van der Waals surface area (Å²) in [6, 6.07) is 9.78. The van der Waals surface area contributed by atoms with Crippen molar-refractivity contribution in [3.8, 4) is 0 Å². The number of rotatable bonds is 7. The van der Waals surface area contributed by atoms with Gasteiger partial charge in [-0.25, -0.2) is 9.67 Å². The number of benzene rings is 1. The number of carbonyl (C=O) groups excluding carboxylic acids is 2. The van der Waals surface area contributed by atoms with Gasteiger partial charge in [0, 0.05) is 13.1 Å². The molecule has 3 rings (SSSR count). The van der Waals surface area contributed by atoms with Crippen molar-refractivity contribution in [2.45, 2.75) is 45.6 Å². The highest BCUT2D eigenvalue weighted by Crippen LogP contribution is 2.38. The first-order chi connectivity index (χ1) is 13.6. The lowest BCUT2D eigenvalue weighted by Gasteiger charge is -2.40. The molecule has 28 heavy (non-hydrogen) atoms. The minimum Gasteiger partial charge on any atom is -0.466 e. The van der Waals surface area contributed by atoms with Gasteiger partial charge in [-0.15, -0.1) is 0 Å². The molecule has 1 atom stereocenters. The van der Waals surface area contributed by atoms with E-state index in [2.05, 4.69) is 22.2 Å². The SMILES string of the molecule is CCOC(=O)C1(CCc2ccccc2)CCN(C(=O)[C@H](C)n2cncn2)CC1. The number of ether oxygens (including phenoxy) is 1. The van der Waals surface area contributed by atoms with Crippen LogP contribution in [0.4, 0.5) is 0 Å². The number of amides is 1. The Morgan fingerprint density at radius 2 is 1.93 bits per heavy atom. The van der Waals surface area contributed by atoms with Gasteiger partial charge in [0.2, 0.25) is 5.91 Å². The Balaban J connectivity index is 1.66. The first-order valence-electron chi connectivity index (χ1n) is 9.90. The maximum Gasteiger partial charge on any atom is 0.312 e. The van der Waals surface area contributed by atoms with Crippen LogP contribution in [0.25, 0.3) is 0 Å². The number of likely N-dealkylation sites (tertiary alicyclic amines) is 1. The summed E-state index contributed by atoms with van der Waals surface area (Å²) in [4.78, 5) is 31.3. The predicted molar refractivity (Wildman–Crippen MR) is 104 cm³/mol. The van der Waals surface area contributed by atoms with Crippen LogP contribution in [0.3, 0.4) is 0 Å². The number of carbonyl (C=O) groups is 2. The quantitative estimate of drug-likeness (QED) is 0.686. The lowest BCUT2D eigenvalue weighted by Crippen LogP contribution is -2.48. The van der Waals surface area contributed by atoms with E-state index in [1.807, 2.05) is 36.9 Å². The molecule has 0 aliphatic carbocycles. The fraction of sp³-hybridized carbons (Fsp3) is 0.524. The maximum absolute atomic E-state index is 12.8. The molecule has 1 amide bonds. The van der Waals surface area contributed by atoms with Crippen molar-refractivity contribution in [3.05, 3.63) is 48.5 Å². The van der Waals surface area contributed by atoms with Crippen LogP contribution in [0.2, 0.25) is 0 Å². The van der Waals surface area contributed by atoms with E-state index in [0.717, 1.165) is 12.8 Å². The molecule has 1 aromatic carbocycles. The fourth-order valence-corrected chi connectivity index (χ4v) is 3.82. The molecule has 1 fully saturated rings. The zero-order valence-corrected chi connectivity index (χ0v) is 16.6. The number of aryl methyl sites for hydroxylation is 1. The van der Waals surface area contributed by atoms with Crippen molar-refractivity contribution in [2.24, 2.45) is 5.41 Å². The number of hydrogen-bond donors (Lipinski definition) is 0. The van der Waals surface area contributed by atoms with Crippen LogP contribution in [0.5, 0.6) is 0 Å². The molecule has 1 aliphatic rings. The molecule has 7 nitrogen and oxygen atoms in total. The number of nitrogens with zero attached hydrogens (tertiary/aromatic N) is 4. The third-order valence-corrected chi connectivity index (χ3v) is 5.67.